The predicted octanol–water partition coefficient (Wildman–Crippen LogP) is 2.61. The summed E-state index contributed by atoms with van der Waals surface area (Å²) in [6.07, 6.45) is 2.76. The minimum Gasteiger partial charge on any atom is -0.299 e. The molecule has 1 radical (unpaired) electrons. The van der Waals surface area contributed by atoms with Crippen LogP contribution in [0.3, 0.4) is 0 Å². The third-order valence-corrected chi connectivity index (χ3v) is 2.62. The third-order valence-electron chi connectivity index (χ3n) is 2.62. The smallest absolute Gasteiger partial charge is 0.139 e. The monoisotopic (exact) mass is 141 g/mol. The molecule has 59 valence electrons. The van der Waals surface area contributed by atoms with Gasteiger partial charge in [-0.15, -0.1) is 0 Å². The molecular weight excluding hydrogens is 124 g/mol. The maximum atomic E-state index is 11.0. The molecule has 0 amide bonds. The molecule has 0 aliphatic carbocycles. The van der Waals surface area contributed by atoms with Crippen LogP contribution in [-0.4, -0.2) is 5.78 Å². The Hall–Kier alpha value is -0.330. The van der Waals surface area contributed by atoms with Crippen molar-refractivity contribution in [3.63, 3.8) is 0 Å². The molecule has 0 fully saturated rings. The van der Waals surface area contributed by atoms with Crippen LogP contribution < -0.4 is 0 Å². The van der Waals surface area contributed by atoms with Crippen molar-refractivity contribution < 1.29 is 4.79 Å². The van der Waals surface area contributed by atoms with Crippen LogP contribution in [-0.2, 0) is 4.79 Å². The Balaban J connectivity index is 4.31. The van der Waals surface area contributed by atoms with Crippen LogP contribution >= 0.6 is 0 Å². The van der Waals surface area contributed by atoms with E-state index in [1.54, 1.807) is 0 Å². The predicted molar refractivity (Wildman–Crippen MR) is 43.7 cm³/mol. The fourth-order valence-electron chi connectivity index (χ4n) is 1.34. The molecule has 0 saturated heterocycles. The average molecular weight is 141 g/mol. The van der Waals surface area contributed by atoms with Gasteiger partial charge in [-0.25, -0.2) is 0 Å². The van der Waals surface area contributed by atoms with E-state index in [-0.39, 0.29) is 11.2 Å². The zero-order valence-corrected chi connectivity index (χ0v) is 7.24. The Bertz CT molecular complexity index is 104. The minimum atomic E-state index is -0.125. The van der Waals surface area contributed by atoms with Crippen molar-refractivity contribution in [2.75, 3.05) is 0 Å². The molecule has 10 heavy (non-hydrogen) atoms. The second-order valence-electron chi connectivity index (χ2n) is 2.76. The SMILES string of the molecule is [CH2]C(=O)C(CC)(CC)CC. The summed E-state index contributed by atoms with van der Waals surface area (Å²) in [6.45, 7) is 9.64. The zero-order valence-electron chi connectivity index (χ0n) is 7.24. The van der Waals surface area contributed by atoms with E-state index in [9.17, 15) is 4.79 Å². The van der Waals surface area contributed by atoms with Gasteiger partial charge in [0.1, 0.15) is 5.78 Å². The molecule has 0 aliphatic heterocycles. The molecule has 0 aliphatic rings. The fourth-order valence-corrected chi connectivity index (χ4v) is 1.34. The first-order valence-corrected chi connectivity index (χ1v) is 3.99. The standard InChI is InChI=1S/C9H17O/c1-5-9(6-2,7-3)8(4)10/h4-7H2,1-3H3. The molecule has 0 atom stereocenters. The Labute approximate surface area is 63.8 Å². The van der Waals surface area contributed by atoms with E-state index in [1.165, 1.54) is 0 Å². The molecular formula is C9H17O. The molecule has 0 aromatic carbocycles. The lowest BCUT2D eigenvalue weighted by molar-refractivity contribution is -0.124. The van der Waals surface area contributed by atoms with Crippen molar-refractivity contribution in [1.29, 1.82) is 0 Å². The maximum Gasteiger partial charge on any atom is 0.139 e. The molecule has 0 heterocycles. The molecule has 0 aromatic heterocycles. The summed E-state index contributed by atoms with van der Waals surface area (Å²) in [4.78, 5) is 11.0. The Morgan fingerprint density at radius 1 is 1.20 bits per heavy atom. The molecule has 0 bridgehead atoms. The lowest BCUT2D eigenvalue weighted by Gasteiger charge is -2.26. The Morgan fingerprint density at radius 3 is 1.50 bits per heavy atom. The van der Waals surface area contributed by atoms with Gasteiger partial charge in [0, 0.05) is 12.3 Å². The van der Waals surface area contributed by atoms with Gasteiger partial charge in [-0.2, -0.15) is 0 Å². The molecule has 0 rings (SSSR count). The van der Waals surface area contributed by atoms with Gasteiger partial charge in [-0.1, -0.05) is 20.8 Å². The number of carbonyl (C=O) groups is 1. The van der Waals surface area contributed by atoms with Crippen molar-refractivity contribution in [2.45, 2.75) is 40.0 Å². The van der Waals surface area contributed by atoms with E-state index in [4.69, 9.17) is 0 Å². The highest BCUT2D eigenvalue weighted by atomic mass is 16.1. The van der Waals surface area contributed by atoms with Crippen LogP contribution in [0.4, 0.5) is 0 Å². The van der Waals surface area contributed by atoms with Crippen molar-refractivity contribution in [3.05, 3.63) is 6.92 Å². The number of ketones is 1. The topological polar surface area (TPSA) is 17.1 Å². The Morgan fingerprint density at radius 2 is 1.50 bits per heavy atom. The van der Waals surface area contributed by atoms with Crippen LogP contribution in [0.2, 0.25) is 0 Å². The van der Waals surface area contributed by atoms with Crippen LogP contribution in [0.5, 0.6) is 0 Å². The van der Waals surface area contributed by atoms with Gasteiger partial charge in [0.2, 0.25) is 0 Å². The van der Waals surface area contributed by atoms with E-state index in [1.807, 2.05) is 0 Å². The molecule has 0 saturated carbocycles. The number of hydrogen-bond donors (Lipinski definition) is 0. The summed E-state index contributed by atoms with van der Waals surface area (Å²) in [5.74, 6) is 0.0972. The first-order chi connectivity index (χ1) is 4.63. The summed E-state index contributed by atoms with van der Waals surface area (Å²) in [5, 5.41) is 0. The largest absolute Gasteiger partial charge is 0.299 e. The summed E-state index contributed by atoms with van der Waals surface area (Å²) in [7, 11) is 0. The van der Waals surface area contributed by atoms with E-state index >= 15 is 0 Å². The van der Waals surface area contributed by atoms with Gasteiger partial charge in [-0.05, 0) is 19.3 Å². The lowest BCUT2D eigenvalue weighted by Crippen LogP contribution is -2.26. The second kappa shape index (κ2) is 3.75. The summed E-state index contributed by atoms with van der Waals surface area (Å²) >= 11 is 0. The highest BCUT2D eigenvalue weighted by molar-refractivity contribution is 5.88. The molecule has 0 N–H and O–H groups in total. The van der Waals surface area contributed by atoms with E-state index in [0.717, 1.165) is 19.3 Å². The van der Waals surface area contributed by atoms with Gasteiger partial charge in [0.15, 0.2) is 0 Å². The van der Waals surface area contributed by atoms with Gasteiger partial charge < -0.3 is 0 Å². The van der Waals surface area contributed by atoms with Gasteiger partial charge in [0.25, 0.3) is 0 Å². The zero-order chi connectivity index (χ0) is 8.20. The summed E-state index contributed by atoms with van der Waals surface area (Å²) < 4.78 is 0. The van der Waals surface area contributed by atoms with Gasteiger partial charge in [-0.3, -0.25) is 4.79 Å². The summed E-state index contributed by atoms with van der Waals surface area (Å²) in [5.41, 5.74) is -0.125. The van der Waals surface area contributed by atoms with Crippen molar-refractivity contribution in [1.82, 2.24) is 0 Å². The van der Waals surface area contributed by atoms with Crippen molar-refractivity contribution in [3.8, 4) is 0 Å². The van der Waals surface area contributed by atoms with Crippen molar-refractivity contribution >= 4 is 5.78 Å². The normalized spacial score (nSPS) is 11.6. The molecule has 0 aromatic rings. The lowest BCUT2D eigenvalue weighted by atomic mass is 9.77. The molecule has 1 nitrogen and oxygen atoms in total. The second-order valence-corrected chi connectivity index (χ2v) is 2.76. The highest BCUT2D eigenvalue weighted by Crippen LogP contribution is 2.30. The van der Waals surface area contributed by atoms with Gasteiger partial charge in [0.05, 0.1) is 0 Å². The van der Waals surface area contributed by atoms with E-state index < -0.39 is 0 Å². The molecule has 0 unspecified atom stereocenters. The van der Waals surface area contributed by atoms with E-state index in [2.05, 4.69) is 27.7 Å². The third kappa shape index (κ3) is 1.59. The molecule has 1 heteroatoms. The van der Waals surface area contributed by atoms with Crippen LogP contribution in [0.1, 0.15) is 40.0 Å². The van der Waals surface area contributed by atoms with Gasteiger partial charge >= 0.3 is 0 Å². The number of rotatable bonds is 4. The van der Waals surface area contributed by atoms with Crippen molar-refractivity contribution in [2.24, 2.45) is 5.41 Å². The highest BCUT2D eigenvalue weighted by Gasteiger charge is 2.28. The fraction of sp³-hybridized carbons (Fsp3) is 0.778. The minimum absolute atomic E-state index is 0.0972. The average Bonchev–Trinajstić information content (AvgIpc) is 1.92. The first-order valence-electron chi connectivity index (χ1n) is 3.99. The number of carbonyl (C=O) groups excluding carboxylic acids is 1. The summed E-state index contributed by atoms with van der Waals surface area (Å²) in [6, 6.07) is 0. The molecule has 0 spiro atoms. The quantitative estimate of drug-likeness (QED) is 0.588. The maximum absolute atomic E-state index is 11.0. The van der Waals surface area contributed by atoms with Crippen LogP contribution in [0.25, 0.3) is 0 Å². The first kappa shape index (κ1) is 9.67. The van der Waals surface area contributed by atoms with Crippen LogP contribution in [0, 0.1) is 12.3 Å². The Kier molecular flexibility index (Phi) is 3.62. The van der Waals surface area contributed by atoms with E-state index in [0.29, 0.717) is 0 Å². The number of Topliss-reactive ketones (excluding diaryl/α,β-unsaturated/α-hetero) is 1. The van der Waals surface area contributed by atoms with Crippen LogP contribution in [0.15, 0.2) is 0 Å². The number of hydrogen-bond acceptors (Lipinski definition) is 1.